The Bertz CT molecular complexity index is 616. The van der Waals surface area contributed by atoms with Crippen LogP contribution in [0.3, 0.4) is 0 Å². The number of aliphatic imine (C=N–C) groups is 1. The number of hydrogen-bond donors (Lipinski definition) is 0. The maximum atomic E-state index is 13.3. The fraction of sp³-hybridized carbons (Fsp3) is 0.556. The first-order chi connectivity index (χ1) is 12.0. The highest BCUT2D eigenvalue weighted by atomic mass is 28.4. The summed E-state index contributed by atoms with van der Waals surface area (Å²) in [4.78, 5) is 15.5. The third-order valence-electron chi connectivity index (χ3n) is 4.21. The van der Waals surface area contributed by atoms with Crippen LogP contribution < -0.4 is 0 Å². The van der Waals surface area contributed by atoms with E-state index in [4.69, 9.17) is 4.43 Å². The van der Waals surface area contributed by atoms with E-state index in [1.54, 1.807) is 30.3 Å². The summed E-state index contributed by atoms with van der Waals surface area (Å²) in [5.74, 6) is -1.47. The molecule has 0 aromatic heterocycles. The van der Waals surface area contributed by atoms with Crippen molar-refractivity contribution in [3.05, 3.63) is 35.9 Å². The summed E-state index contributed by atoms with van der Waals surface area (Å²) in [6.07, 6.45) is -4.90. The van der Waals surface area contributed by atoms with Gasteiger partial charge in [0.15, 0.2) is 8.32 Å². The molecule has 0 amide bonds. The number of carbonyl (C=O) groups is 1. The van der Waals surface area contributed by atoms with Crippen LogP contribution in [0, 0.1) is 0 Å². The van der Waals surface area contributed by atoms with Crippen molar-refractivity contribution in [3.8, 4) is 0 Å². The molecule has 1 rings (SSSR count). The minimum absolute atomic E-state index is 0.0274. The molecule has 8 heteroatoms. The molecule has 1 aromatic rings. The van der Waals surface area contributed by atoms with E-state index in [-0.39, 0.29) is 18.8 Å². The van der Waals surface area contributed by atoms with Gasteiger partial charge in [-0.2, -0.15) is 13.2 Å². The number of hydrogen-bond acceptors (Lipinski definition) is 4. The highest BCUT2D eigenvalue weighted by Gasteiger charge is 2.43. The normalized spacial score (nSPS) is 14.4. The Labute approximate surface area is 153 Å². The van der Waals surface area contributed by atoms with Gasteiger partial charge in [-0.1, -0.05) is 44.2 Å². The summed E-state index contributed by atoms with van der Waals surface area (Å²) in [6.45, 7) is 9.30. The summed E-state index contributed by atoms with van der Waals surface area (Å²) < 4.78 is 50.4. The fourth-order valence-electron chi connectivity index (χ4n) is 1.94. The summed E-state index contributed by atoms with van der Waals surface area (Å²) in [5, 5.41) is 0. The monoisotopic (exact) mass is 389 g/mol. The Kier molecular flexibility index (Phi) is 8.02. The predicted octanol–water partition coefficient (Wildman–Crippen LogP) is 4.93. The fourth-order valence-corrected chi connectivity index (χ4v) is 2.86. The van der Waals surface area contributed by atoms with Crippen LogP contribution in [-0.4, -0.2) is 39.4 Å². The molecule has 0 saturated heterocycles. The minimum Gasteiger partial charge on any atom is -0.461 e. The third-order valence-corrected chi connectivity index (χ3v) is 7.90. The zero-order chi connectivity index (χ0) is 20.0. The van der Waals surface area contributed by atoms with Gasteiger partial charge in [0.25, 0.3) is 0 Å². The molecule has 0 N–H and O–H groups in total. The molecule has 0 aliphatic carbocycles. The van der Waals surface area contributed by atoms with Crippen LogP contribution in [0.2, 0.25) is 18.6 Å². The van der Waals surface area contributed by atoms with E-state index in [0.29, 0.717) is 5.56 Å². The van der Waals surface area contributed by atoms with Crippen molar-refractivity contribution < 1.29 is 27.1 Å². The van der Waals surface area contributed by atoms with Gasteiger partial charge in [0.1, 0.15) is 0 Å². The number of ether oxygens (including phenoxy) is 1. The van der Waals surface area contributed by atoms with Crippen molar-refractivity contribution >= 4 is 20.0 Å². The topological polar surface area (TPSA) is 47.9 Å². The number of rotatable bonds is 8. The average Bonchev–Trinajstić information content (AvgIpc) is 2.54. The van der Waals surface area contributed by atoms with Gasteiger partial charge in [-0.25, -0.2) is 4.79 Å². The summed E-state index contributed by atoms with van der Waals surface area (Å²) in [7, 11) is -2.08. The van der Waals surface area contributed by atoms with Crippen LogP contribution in [0.4, 0.5) is 13.2 Å². The zero-order valence-electron chi connectivity index (χ0n) is 15.8. The third kappa shape index (κ3) is 6.57. The SMILES string of the molecule is CCOC(=O)C(=N[C@@H](CO[Si](C)(C)C(C)C)c1ccccc1)C(F)(F)F. The van der Waals surface area contributed by atoms with Crippen LogP contribution in [-0.2, 0) is 14.0 Å². The van der Waals surface area contributed by atoms with Crippen LogP contribution in [0.15, 0.2) is 35.3 Å². The lowest BCUT2D eigenvalue weighted by atomic mass is 10.1. The lowest BCUT2D eigenvalue weighted by Gasteiger charge is -2.29. The van der Waals surface area contributed by atoms with Gasteiger partial charge in [0, 0.05) is 0 Å². The van der Waals surface area contributed by atoms with Gasteiger partial charge in [-0.05, 0) is 31.1 Å². The van der Waals surface area contributed by atoms with E-state index in [9.17, 15) is 18.0 Å². The number of benzene rings is 1. The molecule has 0 aliphatic heterocycles. The molecule has 0 unspecified atom stereocenters. The van der Waals surface area contributed by atoms with Crippen LogP contribution in [0.25, 0.3) is 0 Å². The van der Waals surface area contributed by atoms with E-state index in [2.05, 4.69) is 9.73 Å². The summed E-state index contributed by atoms with van der Waals surface area (Å²) >= 11 is 0. The van der Waals surface area contributed by atoms with Crippen LogP contribution in [0.1, 0.15) is 32.4 Å². The van der Waals surface area contributed by atoms with Crippen LogP contribution in [0.5, 0.6) is 0 Å². The number of esters is 1. The molecule has 146 valence electrons. The molecule has 1 atom stereocenters. The molecular weight excluding hydrogens is 363 g/mol. The van der Waals surface area contributed by atoms with E-state index in [0.717, 1.165) is 0 Å². The van der Waals surface area contributed by atoms with Gasteiger partial charge >= 0.3 is 12.1 Å². The van der Waals surface area contributed by atoms with Gasteiger partial charge in [-0.3, -0.25) is 4.99 Å². The molecule has 1 aromatic carbocycles. The maximum absolute atomic E-state index is 13.3. The highest BCUT2D eigenvalue weighted by molar-refractivity contribution is 6.72. The number of nitrogens with zero attached hydrogens (tertiary/aromatic N) is 1. The molecule has 0 fully saturated rings. The Balaban J connectivity index is 3.24. The standard InChI is InChI=1S/C18H26F3NO3Si/c1-6-24-17(23)16(18(19,20)21)22-15(14-10-8-7-9-11-14)12-25-26(4,5)13(2)3/h7-11,13,15H,6,12H2,1-5H3/t15-/m0/s1. The van der Waals surface area contributed by atoms with Crippen molar-refractivity contribution in [3.63, 3.8) is 0 Å². The smallest absolute Gasteiger partial charge is 0.440 e. The Hall–Kier alpha value is -1.67. The molecule has 4 nitrogen and oxygen atoms in total. The number of alkyl halides is 3. The Morgan fingerprint density at radius 1 is 1.19 bits per heavy atom. The lowest BCUT2D eigenvalue weighted by molar-refractivity contribution is -0.139. The number of halogens is 3. The van der Waals surface area contributed by atoms with E-state index in [1.165, 1.54) is 6.92 Å². The first-order valence-electron chi connectivity index (χ1n) is 8.50. The molecule has 0 heterocycles. The Morgan fingerprint density at radius 2 is 1.77 bits per heavy atom. The minimum atomic E-state index is -4.90. The number of carbonyl (C=O) groups excluding carboxylic acids is 1. The van der Waals surface area contributed by atoms with Crippen molar-refractivity contribution in [1.82, 2.24) is 0 Å². The van der Waals surface area contributed by atoms with Gasteiger partial charge in [-0.15, -0.1) is 0 Å². The average molecular weight is 389 g/mol. The maximum Gasteiger partial charge on any atom is 0.440 e. The second-order valence-corrected chi connectivity index (χ2v) is 11.3. The van der Waals surface area contributed by atoms with Crippen molar-refractivity contribution in [1.29, 1.82) is 0 Å². The first-order valence-corrected chi connectivity index (χ1v) is 11.5. The quantitative estimate of drug-likeness (QED) is 0.360. The van der Waals surface area contributed by atoms with Gasteiger partial charge in [0.2, 0.25) is 5.71 Å². The largest absolute Gasteiger partial charge is 0.461 e. The second-order valence-electron chi connectivity index (χ2n) is 6.69. The van der Waals surface area contributed by atoms with Crippen molar-refractivity contribution in [2.24, 2.45) is 4.99 Å². The molecule has 26 heavy (non-hydrogen) atoms. The van der Waals surface area contributed by atoms with E-state index in [1.807, 2.05) is 26.9 Å². The molecule has 0 radical (unpaired) electrons. The van der Waals surface area contributed by atoms with E-state index >= 15 is 0 Å². The van der Waals surface area contributed by atoms with Gasteiger partial charge < -0.3 is 9.16 Å². The molecule has 0 spiro atoms. The molecule has 0 aliphatic rings. The Morgan fingerprint density at radius 3 is 2.23 bits per heavy atom. The second kappa shape index (κ2) is 9.32. The van der Waals surface area contributed by atoms with Crippen LogP contribution >= 0.6 is 0 Å². The first kappa shape index (κ1) is 22.4. The molecule has 0 saturated carbocycles. The molecule has 0 bridgehead atoms. The highest BCUT2D eigenvalue weighted by Crippen LogP contribution is 2.28. The van der Waals surface area contributed by atoms with Crippen molar-refractivity contribution in [2.75, 3.05) is 13.2 Å². The molecular formula is C18H26F3NO3Si. The lowest BCUT2D eigenvalue weighted by Crippen LogP contribution is -2.37. The van der Waals surface area contributed by atoms with E-state index < -0.39 is 32.2 Å². The predicted molar refractivity (Wildman–Crippen MR) is 97.8 cm³/mol. The zero-order valence-corrected chi connectivity index (χ0v) is 16.8. The van der Waals surface area contributed by atoms with Crippen molar-refractivity contribution in [2.45, 2.75) is 51.6 Å². The summed E-state index contributed by atoms with van der Waals surface area (Å²) in [5.41, 5.74) is -0.706. The van der Waals surface area contributed by atoms with Gasteiger partial charge in [0.05, 0.1) is 19.3 Å². The summed E-state index contributed by atoms with van der Waals surface area (Å²) in [6, 6.07) is 7.57.